The van der Waals surface area contributed by atoms with Crippen LogP contribution in [0.1, 0.15) is 25.3 Å². The molecule has 4 heteroatoms. The Labute approximate surface area is 117 Å². The highest BCUT2D eigenvalue weighted by atomic mass is 79.9. The molecule has 0 unspecified atom stereocenters. The van der Waals surface area contributed by atoms with Crippen molar-refractivity contribution in [3.63, 3.8) is 0 Å². The van der Waals surface area contributed by atoms with E-state index in [1.165, 1.54) is 0 Å². The van der Waals surface area contributed by atoms with E-state index < -0.39 is 0 Å². The summed E-state index contributed by atoms with van der Waals surface area (Å²) in [5.41, 5.74) is 1.13. The molecule has 0 bridgehead atoms. The maximum Gasteiger partial charge on any atom is 0.165 e. The van der Waals surface area contributed by atoms with E-state index in [1.54, 1.807) is 0 Å². The lowest BCUT2D eigenvalue weighted by molar-refractivity contribution is 0.0240. The van der Waals surface area contributed by atoms with Crippen LogP contribution in [-0.4, -0.2) is 25.9 Å². The maximum atomic E-state index is 6.13. The number of hydrogen-bond donors (Lipinski definition) is 0. The van der Waals surface area contributed by atoms with Gasteiger partial charge in [-0.05, 0) is 13.0 Å². The first-order chi connectivity index (χ1) is 8.85. The van der Waals surface area contributed by atoms with Crippen LogP contribution < -0.4 is 9.47 Å². The van der Waals surface area contributed by atoms with Gasteiger partial charge in [0.05, 0.1) is 19.8 Å². The van der Waals surface area contributed by atoms with Crippen molar-refractivity contribution >= 4 is 15.9 Å². The quantitative estimate of drug-likeness (QED) is 0.778. The molecule has 0 aromatic heterocycles. The average Bonchev–Trinajstić information content (AvgIpc) is 2.42. The molecule has 0 N–H and O–H groups in total. The molecule has 0 atom stereocenters. The lowest BCUT2D eigenvalue weighted by Crippen LogP contribution is -2.26. The molecule has 100 valence electrons. The molecule has 0 aliphatic carbocycles. The molecule has 1 aliphatic heterocycles. The molecule has 1 aliphatic rings. The predicted octanol–water partition coefficient (Wildman–Crippen LogP) is 3.54. The van der Waals surface area contributed by atoms with Gasteiger partial charge in [0.25, 0.3) is 0 Å². The summed E-state index contributed by atoms with van der Waals surface area (Å²) in [5.74, 6) is 1.71. The average molecular weight is 315 g/mol. The predicted molar refractivity (Wildman–Crippen MR) is 74.7 cm³/mol. The number of hydrogen-bond acceptors (Lipinski definition) is 3. The fourth-order valence-corrected chi connectivity index (χ4v) is 2.47. The van der Waals surface area contributed by atoms with Gasteiger partial charge in [-0.1, -0.05) is 28.1 Å². The highest BCUT2D eigenvalue weighted by Crippen LogP contribution is 2.34. The van der Waals surface area contributed by atoms with Gasteiger partial charge in [-0.15, -0.1) is 0 Å². The summed E-state index contributed by atoms with van der Waals surface area (Å²) in [6.07, 6.45) is 2.13. The van der Waals surface area contributed by atoms with Crippen LogP contribution in [0.5, 0.6) is 11.5 Å². The van der Waals surface area contributed by atoms with E-state index in [4.69, 9.17) is 14.2 Å². The van der Waals surface area contributed by atoms with E-state index in [1.807, 2.05) is 19.1 Å². The molecule has 1 fully saturated rings. The van der Waals surface area contributed by atoms with Crippen LogP contribution in [0.3, 0.4) is 0 Å². The Morgan fingerprint density at radius 2 is 2.11 bits per heavy atom. The molecular weight excluding hydrogens is 296 g/mol. The first kappa shape index (κ1) is 13.7. The van der Waals surface area contributed by atoms with Crippen LogP contribution in [0, 0.1) is 0 Å². The first-order valence-corrected chi connectivity index (χ1v) is 7.52. The van der Waals surface area contributed by atoms with Gasteiger partial charge in [-0.2, -0.15) is 0 Å². The Balaban J connectivity index is 2.16. The van der Waals surface area contributed by atoms with Crippen LogP contribution >= 0.6 is 15.9 Å². The summed E-state index contributed by atoms with van der Waals surface area (Å²) in [7, 11) is 0. The molecule has 0 amide bonds. The lowest BCUT2D eigenvalue weighted by Gasteiger charge is -2.25. The summed E-state index contributed by atoms with van der Waals surface area (Å²) < 4.78 is 17.1. The van der Waals surface area contributed by atoms with Gasteiger partial charge in [0, 0.05) is 23.7 Å². The third-order valence-electron chi connectivity index (χ3n) is 2.96. The van der Waals surface area contributed by atoms with Crippen molar-refractivity contribution in [3.05, 3.63) is 23.8 Å². The van der Waals surface area contributed by atoms with Crippen LogP contribution in [-0.2, 0) is 10.1 Å². The Bertz CT molecular complexity index is 375. The van der Waals surface area contributed by atoms with Gasteiger partial charge in [-0.3, -0.25) is 0 Å². The van der Waals surface area contributed by atoms with Crippen molar-refractivity contribution in [1.82, 2.24) is 0 Å². The Hall–Kier alpha value is -0.740. The summed E-state index contributed by atoms with van der Waals surface area (Å²) in [6.45, 7) is 4.20. The van der Waals surface area contributed by atoms with Crippen molar-refractivity contribution in [1.29, 1.82) is 0 Å². The van der Waals surface area contributed by atoms with Gasteiger partial charge in [0.2, 0.25) is 0 Å². The molecule has 1 aromatic rings. The number of ether oxygens (including phenoxy) is 3. The van der Waals surface area contributed by atoms with E-state index in [0.29, 0.717) is 6.61 Å². The number of rotatable bonds is 5. The van der Waals surface area contributed by atoms with Crippen LogP contribution in [0.4, 0.5) is 0 Å². The third-order valence-corrected chi connectivity index (χ3v) is 3.56. The SMILES string of the molecule is CCOc1cccc(CBr)c1OC1CCOCC1. The second-order valence-electron chi connectivity index (χ2n) is 4.24. The summed E-state index contributed by atoms with van der Waals surface area (Å²) in [4.78, 5) is 0. The molecular formula is C14H19BrO3. The second kappa shape index (κ2) is 7.00. The Morgan fingerprint density at radius 3 is 2.78 bits per heavy atom. The fraction of sp³-hybridized carbons (Fsp3) is 0.571. The largest absolute Gasteiger partial charge is 0.490 e. The Morgan fingerprint density at radius 1 is 1.33 bits per heavy atom. The molecule has 3 nitrogen and oxygen atoms in total. The van der Waals surface area contributed by atoms with Gasteiger partial charge < -0.3 is 14.2 Å². The summed E-state index contributed by atoms with van der Waals surface area (Å²) in [6, 6.07) is 6.02. The fourth-order valence-electron chi connectivity index (χ4n) is 2.03. The van der Waals surface area contributed by atoms with Crippen molar-refractivity contribution in [2.75, 3.05) is 19.8 Å². The van der Waals surface area contributed by atoms with Crippen molar-refractivity contribution in [3.8, 4) is 11.5 Å². The van der Waals surface area contributed by atoms with Gasteiger partial charge >= 0.3 is 0 Å². The van der Waals surface area contributed by atoms with Crippen molar-refractivity contribution in [2.45, 2.75) is 31.2 Å². The molecule has 2 rings (SSSR count). The minimum atomic E-state index is 0.234. The summed E-state index contributed by atoms with van der Waals surface area (Å²) in [5, 5.41) is 0.770. The maximum absolute atomic E-state index is 6.13. The number of para-hydroxylation sites is 1. The molecule has 0 radical (unpaired) electrons. The zero-order valence-corrected chi connectivity index (χ0v) is 12.2. The molecule has 0 saturated carbocycles. The standard InChI is InChI=1S/C14H19BrO3/c1-2-17-13-5-3-4-11(10-15)14(13)18-12-6-8-16-9-7-12/h3-5,12H,2,6-10H2,1H3. The number of alkyl halides is 1. The van der Waals surface area contributed by atoms with Crippen molar-refractivity contribution < 1.29 is 14.2 Å². The minimum absolute atomic E-state index is 0.234. The van der Waals surface area contributed by atoms with Gasteiger partial charge in [0.15, 0.2) is 11.5 Å². The van der Waals surface area contributed by atoms with E-state index in [0.717, 1.165) is 48.4 Å². The first-order valence-electron chi connectivity index (χ1n) is 6.40. The van der Waals surface area contributed by atoms with Gasteiger partial charge in [-0.25, -0.2) is 0 Å². The summed E-state index contributed by atoms with van der Waals surface area (Å²) >= 11 is 3.50. The van der Waals surface area contributed by atoms with E-state index >= 15 is 0 Å². The second-order valence-corrected chi connectivity index (χ2v) is 4.80. The lowest BCUT2D eigenvalue weighted by atomic mass is 10.1. The molecule has 0 spiro atoms. The smallest absolute Gasteiger partial charge is 0.165 e. The topological polar surface area (TPSA) is 27.7 Å². The normalized spacial score (nSPS) is 16.6. The monoisotopic (exact) mass is 314 g/mol. The van der Waals surface area contributed by atoms with Gasteiger partial charge in [0.1, 0.15) is 6.10 Å². The highest BCUT2D eigenvalue weighted by Gasteiger charge is 2.19. The van der Waals surface area contributed by atoms with Crippen LogP contribution in [0.2, 0.25) is 0 Å². The molecule has 18 heavy (non-hydrogen) atoms. The molecule has 1 heterocycles. The highest BCUT2D eigenvalue weighted by molar-refractivity contribution is 9.08. The number of halogens is 1. The van der Waals surface area contributed by atoms with Crippen molar-refractivity contribution in [2.24, 2.45) is 0 Å². The van der Waals surface area contributed by atoms with E-state index in [9.17, 15) is 0 Å². The molecule has 1 saturated heterocycles. The van der Waals surface area contributed by atoms with Crippen LogP contribution in [0.15, 0.2) is 18.2 Å². The zero-order valence-electron chi connectivity index (χ0n) is 10.7. The van der Waals surface area contributed by atoms with E-state index in [2.05, 4.69) is 22.0 Å². The zero-order chi connectivity index (χ0) is 12.8. The van der Waals surface area contributed by atoms with Crippen LogP contribution in [0.25, 0.3) is 0 Å². The minimum Gasteiger partial charge on any atom is -0.490 e. The molecule has 1 aromatic carbocycles. The van der Waals surface area contributed by atoms with E-state index in [-0.39, 0.29) is 6.10 Å². The Kier molecular flexibility index (Phi) is 5.32. The third kappa shape index (κ3) is 3.39. The number of benzene rings is 1.